The van der Waals surface area contributed by atoms with Crippen LogP contribution in [0.15, 0.2) is 55.6 Å². The fourth-order valence-electron chi connectivity index (χ4n) is 7.82. The molecule has 7 atom stereocenters. The van der Waals surface area contributed by atoms with E-state index in [1.165, 1.54) is 0 Å². The minimum atomic E-state index is -0.751. The number of aliphatic hydroxyl groups is 1. The van der Waals surface area contributed by atoms with E-state index in [9.17, 15) is 19.5 Å². The number of carbonyl (C=O) groups excluding carboxylic acids is 3. The summed E-state index contributed by atoms with van der Waals surface area (Å²) in [4.78, 5) is 49.4. The number of carbonyl (C=O) groups is 3. The van der Waals surface area contributed by atoms with Crippen LogP contribution in [0.4, 0.5) is 5.69 Å². The normalized spacial score (nSPS) is 29.4. The third-order valence-electron chi connectivity index (χ3n) is 9.56. The Morgan fingerprint density at radius 2 is 1.79 bits per heavy atom. The maximum atomic E-state index is 14.8. The van der Waals surface area contributed by atoms with Crippen molar-refractivity contribution >= 4 is 35.2 Å². The molecule has 3 aliphatic heterocycles. The van der Waals surface area contributed by atoms with Crippen molar-refractivity contribution in [3.63, 3.8) is 0 Å². The summed E-state index contributed by atoms with van der Waals surface area (Å²) in [6, 6.07) is 8.25. The van der Waals surface area contributed by atoms with Crippen LogP contribution < -0.4 is 4.90 Å². The zero-order valence-electron chi connectivity index (χ0n) is 26.0. The molecule has 0 radical (unpaired) electrons. The molecule has 42 heavy (non-hydrogen) atoms. The molecule has 8 heteroatoms. The number of likely N-dealkylation sites (tertiary alicyclic amines) is 1. The van der Waals surface area contributed by atoms with Gasteiger partial charge < -0.3 is 19.8 Å². The quantitative estimate of drug-likeness (QED) is 0.296. The number of hydrogen-bond acceptors (Lipinski definition) is 5. The molecule has 3 amide bonds. The summed E-state index contributed by atoms with van der Waals surface area (Å²) in [5, 5.41) is 10.6. The van der Waals surface area contributed by atoms with Gasteiger partial charge in [0.15, 0.2) is 0 Å². The van der Waals surface area contributed by atoms with Crippen LogP contribution in [0.5, 0.6) is 0 Å². The second kappa shape index (κ2) is 13.0. The average Bonchev–Trinajstić information content (AvgIpc) is 3.53. The van der Waals surface area contributed by atoms with Gasteiger partial charge in [-0.25, -0.2) is 0 Å². The molecular weight excluding hydrogens is 546 g/mol. The van der Waals surface area contributed by atoms with E-state index in [1.807, 2.05) is 35.2 Å². The number of amides is 3. The van der Waals surface area contributed by atoms with Crippen LogP contribution in [-0.2, 0) is 14.4 Å². The van der Waals surface area contributed by atoms with Crippen molar-refractivity contribution in [3.05, 3.63) is 55.6 Å². The molecule has 0 saturated carbocycles. The van der Waals surface area contributed by atoms with E-state index in [2.05, 4.69) is 47.8 Å². The number of rotatable bonds is 14. The Kier molecular flexibility index (Phi) is 9.98. The van der Waals surface area contributed by atoms with E-state index in [1.54, 1.807) is 33.7 Å². The lowest BCUT2D eigenvalue weighted by molar-refractivity contribution is -0.147. The summed E-state index contributed by atoms with van der Waals surface area (Å²) < 4.78 is -1.23. The number of thioether (sulfide) groups is 1. The Hall–Kier alpha value is -2.58. The zero-order chi connectivity index (χ0) is 30.8. The summed E-state index contributed by atoms with van der Waals surface area (Å²) in [7, 11) is 0. The zero-order valence-corrected chi connectivity index (χ0v) is 26.8. The number of para-hydroxylation sites is 1. The Morgan fingerprint density at radius 3 is 2.36 bits per heavy atom. The Labute approximate surface area is 256 Å². The van der Waals surface area contributed by atoms with Gasteiger partial charge in [0.25, 0.3) is 0 Å². The molecule has 2 bridgehead atoms. The van der Waals surface area contributed by atoms with Gasteiger partial charge in [-0.2, -0.15) is 0 Å². The van der Waals surface area contributed by atoms with E-state index < -0.39 is 33.4 Å². The van der Waals surface area contributed by atoms with Crippen LogP contribution in [0.1, 0.15) is 66.7 Å². The van der Waals surface area contributed by atoms with Crippen molar-refractivity contribution in [2.75, 3.05) is 24.6 Å². The monoisotopic (exact) mass is 595 g/mol. The fourth-order valence-corrected chi connectivity index (χ4v) is 10.1. The highest BCUT2D eigenvalue weighted by atomic mass is 32.2. The van der Waals surface area contributed by atoms with Gasteiger partial charge in [-0.3, -0.25) is 14.4 Å². The molecule has 1 spiro atoms. The molecule has 3 heterocycles. The SMILES string of the molecule is C=CCN(C(=O)[C@H]1[C@H]2C(=O)N([C@@H](CO)CC(C)C)C(C(=O)N(CC=C)C(C)CCC)C23CC[C@]1(C)S3)c1ccccc1. The van der Waals surface area contributed by atoms with Crippen molar-refractivity contribution in [2.45, 2.75) is 94.3 Å². The molecule has 230 valence electrons. The van der Waals surface area contributed by atoms with E-state index in [4.69, 9.17) is 0 Å². The van der Waals surface area contributed by atoms with Crippen molar-refractivity contribution in [3.8, 4) is 0 Å². The minimum Gasteiger partial charge on any atom is -0.394 e. The lowest BCUT2D eigenvalue weighted by Gasteiger charge is -2.41. The smallest absolute Gasteiger partial charge is 0.247 e. The van der Waals surface area contributed by atoms with Crippen molar-refractivity contribution in [1.82, 2.24) is 9.80 Å². The highest BCUT2D eigenvalue weighted by molar-refractivity contribution is 8.02. The number of hydrogen-bond donors (Lipinski definition) is 1. The van der Waals surface area contributed by atoms with E-state index in [0.29, 0.717) is 25.9 Å². The molecule has 3 unspecified atom stereocenters. The van der Waals surface area contributed by atoms with Gasteiger partial charge >= 0.3 is 0 Å². The van der Waals surface area contributed by atoms with Crippen molar-refractivity contribution in [1.29, 1.82) is 0 Å². The maximum Gasteiger partial charge on any atom is 0.247 e. The number of benzene rings is 1. The van der Waals surface area contributed by atoms with Crippen LogP contribution in [-0.4, -0.2) is 79.9 Å². The van der Waals surface area contributed by atoms with Crippen LogP contribution in [0.3, 0.4) is 0 Å². The molecule has 1 aromatic rings. The van der Waals surface area contributed by atoms with Gasteiger partial charge in [0.1, 0.15) is 6.04 Å². The highest BCUT2D eigenvalue weighted by Gasteiger charge is 2.78. The maximum absolute atomic E-state index is 14.8. The van der Waals surface area contributed by atoms with Gasteiger partial charge in [0.05, 0.1) is 29.2 Å². The minimum absolute atomic E-state index is 0.0247. The first-order chi connectivity index (χ1) is 20.0. The first-order valence-electron chi connectivity index (χ1n) is 15.5. The van der Waals surface area contributed by atoms with Gasteiger partial charge in [-0.05, 0) is 57.6 Å². The van der Waals surface area contributed by atoms with Crippen LogP contribution in [0.25, 0.3) is 0 Å². The topological polar surface area (TPSA) is 81.2 Å². The summed E-state index contributed by atoms with van der Waals surface area (Å²) in [6.07, 6.45) is 7.23. The summed E-state index contributed by atoms with van der Waals surface area (Å²) in [5.74, 6) is -1.39. The molecule has 4 rings (SSSR count). The first kappa shape index (κ1) is 32.3. The average molecular weight is 596 g/mol. The lowest BCUT2D eigenvalue weighted by Crippen LogP contribution is -2.59. The predicted octanol–water partition coefficient (Wildman–Crippen LogP) is 5.30. The van der Waals surface area contributed by atoms with Gasteiger partial charge in [0.2, 0.25) is 17.7 Å². The summed E-state index contributed by atoms with van der Waals surface area (Å²) in [5.41, 5.74) is 0.765. The van der Waals surface area contributed by atoms with Crippen molar-refractivity contribution in [2.24, 2.45) is 17.8 Å². The molecule has 3 fully saturated rings. The van der Waals surface area contributed by atoms with Gasteiger partial charge in [-0.15, -0.1) is 24.9 Å². The van der Waals surface area contributed by atoms with Gasteiger partial charge in [-0.1, -0.05) is 57.5 Å². The molecule has 3 saturated heterocycles. The van der Waals surface area contributed by atoms with E-state index >= 15 is 0 Å². The van der Waals surface area contributed by atoms with Gasteiger partial charge in [0, 0.05) is 29.6 Å². The summed E-state index contributed by atoms with van der Waals surface area (Å²) in [6.45, 7) is 18.7. The predicted molar refractivity (Wildman–Crippen MR) is 171 cm³/mol. The number of nitrogens with zero attached hydrogens (tertiary/aromatic N) is 3. The second-order valence-electron chi connectivity index (χ2n) is 12.9. The molecule has 7 nitrogen and oxygen atoms in total. The first-order valence-corrected chi connectivity index (χ1v) is 16.3. The molecular formula is C34H49N3O4S. The Balaban J connectivity index is 1.85. The molecule has 0 aromatic heterocycles. The number of fused-ring (bicyclic) bond motifs is 1. The Morgan fingerprint density at radius 1 is 1.12 bits per heavy atom. The highest BCUT2D eigenvalue weighted by Crippen LogP contribution is 2.72. The molecule has 0 aliphatic carbocycles. The molecule has 1 N–H and O–H groups in total. The molecule has 1 aromatic carbocycles. The number of anilines is 1. The van der Waals surface area contributed by atoms with E-state index in [-0.39, 0.29) is 36.3 Å². The van der Waals surface area contributed by atoms with Crippen molar-refractivity contribution < 1.29 is 19.5 Å². The molecule has 3 aliphatic rings. The Bertz CT molecular complexity index is 1170. The number of aliphatic hydroxyl groups excluding tert-OH is 1. The standard InChI is InChI=1S/C34H49N3O4S/c1-8-14-24(6)35(19-9-2)32(41)29-34-18-17-33(7,42-34)27(28(34)31(40)37(29)26(22-38)21-23(4)5)30(39)36(20-10-3)25-15-12-11-13-16-25/h9-13,15-16,23-24,26-29,38H,2-3,8,14,17-22H2,1,4-7H3/t24?,26-,27-,28+,29?,33+,34?/m1/s1. The third kappa shape index (κ3) is 5.45. The van der Waals surface area contributed by atoms with Crippen LogP contribution >= 0.6 is 11.8 Å². The third-order valence-corrected chi connectivity index (χ3v) is 11.5. The largest absolute Gasteiger partial charge is 0.394 e. The fraction of sp³-hybridized carbons (Fsp3) is 0.618. The van der Waals surface area contributed by atoms with Crippen LogP contribution in [0, 0.1) is 17.8 Å². The summed E-state index contributed by atoms with van der Waals surface area (Å²) >= 11 is 1.68. The van der Waals surface area contributed by atoms with E-state index in [0.717, 1.165) is 24.9 Å². The van der Waals surface area contributed by atoms with Crippen LogP contribution in [0.2, 0.25) is 0 Å². The second-order valence-corrected chi connectivity index (χ2v) is 14.8. The lowest BCUT2D eigenvalue weighted by atomic mass is 9.66.